The van der Waals surface area contributed by atoms with Gasteiger partial charge in [-0.05, 0) is 57.2 Å². The number of aryl methyl sites for hydroxylation is 1. The van der Waals surface area contributed by atoms with Crippen molar-refractivity contribution in [3.05, 3.63) is 60.7 Å². The molecule has 1 heterocycles. The van der Waals surface area contributed by atoms with E-state index in [4.69, 9.17) is 9.47 Å². The Kier molecular flexibility index (Phi) is 5.78. The number of para-hydroxylation sites is 1. The molecule has 31 heavy (non-hydrogen) atoms. The maximum Gasteiger partial charge on any atom is 0.262 e. The molecule has 3 aromatic carbocycles. The number of nitrogens with zero attached hydrogens (tertiary/aromatic N) is 1. The summed E-state index contributed by atoms with van der Waals surface area (Å²) in [6.07, 6.45) is 0. The summed E-state index contributed by atoms with van der Waals surface area (Å²) in [6.45, 7) is 7.53. The molecule has 0 spiro atoms. The number of hydrogen-bond donors (Lipinski definition) is 1. The summed E-state index contributed by atoms with van der Waals surface area (Å²) >= 11 is 0. The summed E-state index contributed by atoms with van der Waals surface area (Å²) < 4.78 is 42.2. The molecule has 0 saturated carbocycles. The number of aromatic nitrogens is 1. The molecule has 6 nitrogen and oxygen atoms in total. The highest BCUT2D eigenvalue weighted by Crippen LogP contribution is 2.33. The molecule has 4 rings (SSSR count). The van der Waals surface area contributed by atoms with Crippen LogP contribution in [0.4, 0.5) is 5.69 Å². The van der Waals surface area contributed by atoms with E-state index in [0.717, 1.165) is 28.4 Å². The molecule has 0 unspecified atom stereocenters. The van der Waals surface area contributed by atoms with Gasteiger partial charge in [-0.3, -0.25) is 4.72 Å². The molecule has 7 heteroatoms. The Morgan fingerprint density at radius 3 is 2.26 bits per heavy atom. The predicted octanol–water partition coefficient (Wildman–Crippen LogP) is 5.41. The van der Waals surface area contributed by atoms with Gasteiger partial charge >= 0.3 is 0 Å². The second-order valence-corrected chi connectivity index (χ2v) is 8.76. The molecule has 1 aromatic heterocycles. The lowest BCUT2D eigenvalue weighted by atomic mass is 10.1. The number of nitrogens with one attached hydrogen (secondary N) is 1. The zero-order valence-corrected chi connectivity index (χ0v) is 18.7. The monoisotopic (exact) mass is 438 g/mol. The van der Waals surface area contributed by atoms with Crippen LogP contribution in [0.3, 0.4) is 0 Å². The van der Waals surface area contributed by atoms with Gasteiger partial charge < -0.3 is 14.0 Å². The molecule has 0 amide bonds. The van der Waals surface area contributed by atoms with Gasteiger partial charge in [0.05, 0.1) is 18.1 Å². The van der Waals surface area contributed by atoms with Gasteiger partial charge in [0.2, 0.25) is 0 Å². The minimum Gasteiger partial charge on any atom is -0.490 e. The maximum absolute atomic E-state index is 13.1. The van der Waals surface area contributed by atoms with Crippen molar-refractivity contribution in [2.24, 2.45) is 0 Å². The molecular weight excluding hydrogens is 412 g/mol. The van der Waals surface area contributed by atoms with Crippen LogP contribution in [0, 0.1) is 0 Å². The van der Waals surface area contributed by atoms with Crippen LogP contribution in [-0.2, 0) is 16.6 Å². The van der Waals surface area contributed by atoms with Gasteiger partial charge in [0.15, 0.2) is 11.5 Å². The van der Waals surface area contributed by atoms with E-state index in [0.29, 0.717) is 30.4 Å². The summed E-state index contributed by atoms with van der Waals surface area (Å²) in [5, 5.41) is 2.11. The van der Waals surface area contributed by atoms with Crippen LogP contribution >= 0.6 is 0 Å². The fourth-order valence-electron chi connectivity index (χ4n) is 3.87. The Hall–Kier alpha value is -3.19. The number of benzene rings is 3. The molecular formula is C24H26N2O4S. The average Bonchev–Trinajstić information content (AvgIpc) is 3.08. The zero-order valence-electron chi connectivity index (χ0n) is 17.9. The van der Waals surface area contributed by atoms with E-state index in [1.54, 1.807) is 12.1 Å². The number of rotatable bonds is 8. The summed E-state index contributed by atoms with van der Waals surface area (Å²) in [4.78, 5) is 0.121. The molecule has 0 saturated heterocycles. The Morgan fingerprint density at radius 2 is 1.52 bits per heavy atom. The number of sulfonamides is 1. The van der Waals surface area contributed by atoms with E-state index in [-0.39, 0.29) is 4.90 Å². The van der Waals surface area contributed by atoms with E-state index in [2.05, 4.69) is 28.3 Å². The third-order valence-electron chi connectivity index (χ3n) is 5.17. The summed E-state index contributed by atoms with van der Waals surface area (Å²) in [5.74, 6) is 0.936. The molecule has 4 aromatic rings. The zero-order chi connectivity index (χ0) is 22.0. The van der Waals surface area contributed by atoms with Gasteiger partial charge in [0.1, 0.15) is 0 Å². The number of hydrogen-bond acceptors (Lipinski definition) is 4. The van der Waals surface area contributed by atoms with Crippen molar-refractivity contribution in [1.29, 1.82) is 0 Å². The average molecular weight is 439 g/mol. The molecule has 162 valence electrons. The van der Waals surface area contributed by atoms with Crippen LogP contribution in [0.15, 0.2) is 65.6 Å². The van der Waals surface area contributed by atoms with Crippen LogP contribution in [-0.4, -0.2) is 26.2 Å². The quantitative estimate of drug-likeness (QED) is 0.399. The smallest absolute Gasteiger partial charge is 0.262 e. The van der Waals surface area contributed by atoms with E-state index >= 15 is 0 Å². The van der Waals surface area contributed by atoms with Crippen LogP contribution in [0.5, 0.6) is 11.5 Å². The largest absolute Gasteiger partial charge is 0.490 e. The SMILES string of the molecule is CCOc1ccc(S(=O)(=O)Nc2ccc3c(c2)c2ccccc2n3CC)cc1OCC. The molecule has 0 fully saturated rings. The van der Waals surface area contributed by atoms with Gasteiger partial charge in [-0.15, -0.1) is 0 Å². The predicted molar refractivity (Wildman–Crippen MR) is 125 cm³/mol. The maximum atomic E-state index is 13.1. The first-order valence-corrected chi connectivity index (χ1v) is 11.9. The summed E-state index contributed by atoms with van der Waals surface area (Å²) in [5.41, 5.74) is 2.72. The Bertz CT molecular complexity index is 1340. The van der Waals surface area contributed by atoms with Crippen molar-refractivity contribution >= 4 is 37.5 Å². The normalized spacial score (nSPS) is 11.7. The second kappa shape index (κ2) is 8.51. The lowest BCUT2D eigenvalue weighted by Crippen LogP contribution is -2.13. The van der Waals surface area contributed by atoms with Gasteiger partial charge in [0, 0.05) is 40.1 Å². The first-order valence-electron chi connectivity index (χ1n) is 10.4. The van der Waals surface area contributed by atoms with Crippen molar-refractivity contribution in [1.82, 2.24) is 4.57 Å². The van der Waals surface area contributed by atoms with Crippen LogP contribution in [0.25, 0.3) is 21.8 Å². The molecule has 0 radical (unpaired) electrons. The molecule has 0 atom stereocenters. The van der Waals surface area contributed by atoms with Crippen LogP contribution in [0.1, 0.15) is 20.8 Å². The first kappa shape index (κ1) is 21.1. The van der Waals surface area contributed by atoms with Gasteiger partial charge in [-0.1, -0.05) is 18.2 Å². The van der Waals surface area contributed by atoms with E-state index < -0.39 is 10.0 Å². The van der Waals surface area contributed by atoms with Crippen molar-refractivity contribution in [3.8, 4) is 11.5 Å². The fraction of sp³-hybridized carbons (Fsp3) is 0.250. The summed E-state index contributed by atoms with van der Waals surface area (Å²) in [6, 6.07) is 18.4. The minimum atomic E-state index is -3.80. The number of fused-ring (bicyclic) bond motifs is 3. The Labute approximate surface area is 182 Å². The molecule has 1 N–H and O–H groups in total. The highest BCUT2D eigenvalue weighted by molar-refractivity contribution is 7.92. The lowest BCUT2D eigenvalue weighted by molar-refractivity contribution is 0.287. The van der Waals surface area contributed by atoms with Gasteiger partial charge in [-0.2, -0.15) is 0 Å². The standard InChI is InChI=1S/C24H26N2O4S/c1-4-26-21-10-8-7-9-19(21)20-15-17(11-13-22(20)26)25-31(27,28)18-12-14-23(29-5-2)24(16-18)30-6-3/h7-16,25H,4-6H2,1-3H3. The van der Waals surface area contributed by atoms with Gasteiger partial charge in [-0.25, -0.2) is 8.42 Å². The molecule has 0 aliphatic heterocycles. The minimum absolute atomic E-state index is 0.121. The van der Waals surface area contributed by atoms with Crippen LogP contribution in [0.2, 0.25) is 0 Å². The molecule has 0 aliphatic carbocycles. The number of ether oxygens (including phenoxy) is 2. The fourth-order valence-corrected chi connectivity index (χ4v) is 4.94. The summed E-state index contributed by atoms with van der Waals surface area (Å²) in [7, 11) is -3.80. The van der Waals surface area contributed by atoms with Crippen molar-refractivity contribution in [2.75, 3.05) is 17.9 Å². The third kappa shape index (κ3) is 3.93. The second-order valence-electron chi connectivity index (χ2n) is 7.07. The van der Waals surface area contributed by atoms with Crippen molar-refractivity contribution in [2.45, 2.75) is 32.2 Å². The molecule has 0 aliphatic rings. The van der Waals surface area contributed by atoms with Crippen molar-refractivity contribution in [3.63, 3.8) is 0 Å². The Balaban J connectivity index is 1.73. The third-order valence-corrected chi connectivity index (χ3v) is 6.54. The van der Waals surface area contributed by atoms with E-state index in [9.17, 15) is 8.42 Å². The lowest BCUT2D eigenvalue weighted by Gasteiger charge is -2.13. The first-order chi connectivity index (χ1) is 15.0. The Morgan fingerprint density at radius 1 is 0.806 bits per heavy atom. The molecule has 0 bridgehead atoms. The van der Waals surface area contributed by atoms with Gasteiger partial charge in [0.25, 0.3) is 10.0 Å². The highest BCUT2D eigenvalue weighted by atomic mass is 32.2. The van der Waals surface area contributed by atoms with Crippen molar-refractivity contribution < 1.29 is 17.9 Å². The van der Waals surface area contributed by atoms with Crippen LogP contribution < -0.4 is 14.2 Å². The van der Waals surface area contributed by atoms with E-state index in [1.165, 1.54) is 12.1 Å². The topological polar surface area (TPSA) is 69.6 Å². The highest BCUT2D eigenvalue weighted by Gasteiger charge is 2.19. The number of anilines is 1. The van der Waals surface area contributed by atoms with E-state index in [1.807, 2.05) is 38.1 Å².